The SMILES string of the molecule is COc1ccc([C@H]2CN3CCC[C@H]3c3cc(OCCCN4CCOCC4CO)ccc32)cc1. The average molecular weight is 453 g/mol. The Morgan fingerprint density at radius 3 is 2.73 bits per heavy atom. The Morgan fingerprint density at radius 2 is 1.91 bits per heavy atom. The zero-order chi connectivity index (χ0) is 22.6. The summed E-state index contributed by atoms with van der Waals surface area (Å²) in [6.07, 6.45) is 3.43. The van der Waals surface area contributed by atoms with Gasteiger partial charge < -0.3 is 19.3 Å². The van der Waals surface area contributed by atoms with E-state index in [1.54, 1.807) is 7.11 Å². The van der Waals surface area contributed by atoms with Gasteiger partial charge in [-0.2, -0.15) is 0 Å². The topological polar surface area (TPSA) is 54.4 Å². The maximum Gasteiger partial charge on any atom is 0.119 e. The lowest BCUT2D eigenvalue weighted by Crippen LogP contribution is -2.47. The van der Waals surface area contributed by atoms with Crippen LogP contribution in [0.25, 0.3) is 0 Å². The van der Waals surface area contributed by atoms with Gasteiger partial charge in [0, 0.05) is 31.6 Å². The molecule has 2 aromatic rings. The molecule has 0 saturated carbocycles. The highest BCUT2D eigenvalue weighted by Gasteiger charge is 2.36. The maximum atomic E-state index is 9.55. The minimum Gasteiger partial charge on any atom is -0.497 e. The van der Waals surface area contributed by atoms with Crippen molar-refractivity contribution in [3.63, 3.8) is 0 Å². The first-order valence-electron chi connectivity index (χ1n) is 12.3. The predicted molar refractivity (Wildman–Crippen MR) is 128 cm³/mol. The Morgan fingerprint density at radius 1 is 1.06 bits per heavy atom. The van der Waals surface area contributed by atoms with Crippen LogP contribution in [0.5, 0.6) is 11.5 Å². The van der Waals surface area contributed by atoms with Crippen LogP contribution in [0.15, 0.2) is 42.5 Å². The molecule has 3 atom stereocenters. The Balaban J connectivity index is 1.27. The molecule has 0 aliphatic carbocycles. The summed E-state index contributed by atoms with van der Waals surface area (Å²) in [5, 5.41) is 9.55. The molecule has 0 aromatic heterocycles. The average Bonchev–Trinajstić information content (AvgIpc) is 3.35. The van der Waals surface area contributed by atoms with Crippen LogP contribution in [0.2, 0.25) is 0 Å². The van der Waals surface area contributed by atoms with Crippen molar-refractivity contribution in [3.05, 3.63) is 59.2 Å². The van der Waals surface area contributed by atoms with Gasteiger partial charge in [0.05, 0.1) is 39.6 Å². The highest BCUT2D eigenvalue weighted by Crippen LogP contribution is 2.45. The minimum absolute atomic E-state index is 0.116. The number of benzene rings is 2. The van der Waals surface area contributed by atoms with Gasteiger partial charge in [0.2, 0.25) is 0 Å². The number of rotatable bonds is 8. The first-order chi connectivity index (χ1) is 16.3. The highest BCUT2D eigenvalue weighted by molar-refractivity contribution is 5.47. The summed E-state index contributed by atoms with van der Waals surface area (Å²) in [5.74, 6) is 2.25. The molecule has 6 nitrogen and oxygen atoms in total. The first kappa shape index (κ1) is 22.7. The number of aliphatic hydroxyl groups is 1. The van der Waals surface area contributed by atoms with E-state index < -0.39 is 0 Å². The lowest BCUT2D eigenvalue weighted by atomic mass is 9.81. The Labute approximate surface area is 197 Å². The predicted octanol–water partition coefficient (Wildman–Crippen LogP) is 3.44. The Hall–Kier alpha value is -2.12. The molecule has 0 amide bonds. The number of fused-ring (bicyclic) bond motifs is 3. The van der Waals surface area contributed by atoms with Gasteiger partial charge in [-0.05, 0) is 66.8 Å². The van der Waals surface area contributed by atoms with E-state index in [2.05, 4.69) is 52.3 Å². The number of morpholine rings is 1. The highest BCUT2D eigenvalue weighted by atomic mass is 16.5. The lowest BCUT2D eigenvalue weighted by molar-refractivity contribution is -0.0287. The third kappa shape index (κ3) is 4.90. The molecule has 2 fully saturated rings. The van der Waals surface area contributed by atoms with Crippen LogP contribution in [0.3, 0.4) is 0 Å². The first-order valence-corrected chi connectivity index (χ1v) is 12.3. The molecule has 0 radical (unpaired) electrons. The lowest BCUT2D eigenvalue weighted by Gasteiger charge is -2.38. The third-order valence-corrected chi connectivity index (χ3v) is 7.51. The van der Waals surface area contributed by atoms with E-state index in [1.807, 2.05) is 0 Å². The molecule has 6 heteroatoms. The summed E-state index contributed by atoms with van der Waals surface area (Å²) in [4.78, 5) is 4.96. The number of hydrogen-bond donors (Lipinski definition) is 1. The van der Waals surface area contributed by atoms with E-state index in [9.17, 15) is 5.11 Å². The summed E-state index contributed by atoms with van der Waals surface area (Å²) in [5.41, 5.74) is 4.22. The van der Waals surface area contributed by atoms with Crippen LogP contribution in [-0.4, -0.2) is 80.7 Å². The summed E-state index contributed by atoms with van der Waals surface area (Å²) in [6, 6.07) is 15.9. The van der Waals surface area contributed by atoms with Crippen LogP contribution in [0, 0.1) is 0 Å². The van der Waals surface area contributed by atoms with Crippen molar-refractivity contribution in [1.82, 2.24) is 9.80 Å². The molecule has 1 unspecified atom stereocenters. The van der Waals surface area contributed by atoms with E-state index in [1.165, 1.54) is 36.1 Å². The van der Waals surface area contributed by atoms with Crippen molar-refractivity contribution in [1.29, 1.82) is 0 Å². The second-order valence-electron chi connectivity index (χ2n) is 9.42. The molecule has 3 heterocycles. The molecular formula is C27H36N2O4. The molecule has 3 aliphatic rings. The number of hydrogen-bond acceptors (Lipinski definition) is 6. The number of nitrogens with zero attached hydrogens (tertiary/aromatic N) is 2. The standard InChI is InChI=1S/C27H36N2O4/c1-31-22-7-5-20(6-8-22)26-17-29-11-2-4-27(29)25-16-23(9-10-24(25)26)33-14-3-12-28-13-15-32-19-21(28)18-30/h5-10,16,21,26-27,30H,2-4,11-15,17-19H2,1H3/t21?,26-,27+/m1/s1. The minimum atomic E-state index is 0.116. The number of ether oxygens (including phenoxy) is 3. The molecule has 2 aromatic carbocycles. The van der Waals surface area contributed by atoms with E-state index in [0.29, 0.717) is 25.2 Å². The fraction of sp³-hybridized carbons (Fsp3) is 0.556. The Bertz CT molecular complexity index is 919. The van der Waals surface area contributed by atoms with Crippen molar-refractivity contribution in [3.8, 4) is 11.5 Å². The molecule has 33 heavy (non-hydrogen) atoms. The maximum absolute atomic E-state index is 9.55. The van der Waals surface area contributed by atoms with E-state index in [-0.39, 0.29) is 12.6 Å². The van der Waals surface area contributed by atoms with Gasteiger partial charge in [0.25, 0.3) is 0 Å². The van der Waals surface area contributed by atoms with Crippen molar-refractivity contribution < 1.29 is 19.3 Å². The second kappa shape index (κ2) is 10.4. The zero-order valence-corrected chi connectivity index (χ0v) is 19.6. The van der Waals surface area contributed by atoms with Gasteiger partial charge in [0.1, 0.15) is 11.5 Å². The van der Waals surface area contributed by atoms with E-state index in [4.69, 9.17) is 14.2 Å². The molecular weight excluding hydrogens is 416 g/mol. The summed E-state index contributed by atoms with van der Waals surface area (Å²) >= 11 is 0. The van der Waals surface area contributed by atoms with Crippen molar-refractivity contribution in [2.75, 3.05) is 59.7 Å². The van der Waals surface area contributed by atoms with Gasteiger partial charge in [-0.3, -0.25) is 9.80 Å². The normalized spacial score (nSPS) is 25.5. The van der Waals surface area contributed by atoms with Crippen molar-refractivity contribution in [2.24, 2.45) is 0 Å². The second-order valence-corrected chi connectivity index (χ2v) is 9.42. The van der Waals surface area contributed by atoms with Gasteiger partial charge in [0.15, 0.2) is 0 Å². The quantitative estimate of drug-likeness (QED) is 0.620. The zero-order valence-electron chi connectivity index (χ0n) is 19.6. The number of aliphatic hydroxyl groups excluding tert-OH is 1. The molecule has 2 saturated heterocycles. The van der Waals surface area contributed by atoms with Gasteiger partial charge in [-0.1, -0.05) is 18.2 Å². The molecule has 0 spiro atoms. The van der Waals surface area contributed by atoms with Crippen molar-refractivity contribution in [2.45, 2.75) is 37.3 Å². The van der Waals surface area contributed by atoms with Crippen molar-refractivity contribution >= 4 is 0 Å². The van der Waals surface area contributed by atoms with E-state index in [0.717, 1.165) is 44.2 Å². The summed E-state index contributed by atoms with van der Waals surface area (Å²) in [6.45, 7) is 6.27. The molecule has 5 rings (SSSR count). The fourth-order valence-corrected chi connectivity index (χ4v) is 5.71. The van der Waals surface area contributed by atoms with Crippen LogP contribution in [0.1, 0.15) is 47.9 Å². The molecule has 3 aliphatic heterocycles. The third-order valence-electron chi connectivity index (χ3n) is 7.51. The number of methoxy groups -OCH3 is 1. The van der Waals surface area contributed by atoms with Crippen LogP contribution in [-0.2, 0) is 4.74 Å². The summed E-state index contributed by atoms with van der Waals surface area (Å²) < 4.78 is 17.0. The van der Waals surface area contributed by atoms with Crippen LogP contribution in [0.4, 0.5) is 0 Å². The van der Waals surface area contributed by atoms with Gasteiger partial charge in [-0.25, -0.2) is 0 Å². The van der Waals surface area contributed by atoms with Crippen LogP contribution < -0.4 is 9.47 Å². The van der Waals surface area contributed by atoms with Crippen LogP contribution >= 0.6 is 0 Å². The Kier molecular flexibility index (Phi) is 7.16. The fourth-order valence-electron chi connectivity index (χ4n) is 5.71. The summed E-state index contributed by atoms with van der Waals surface area (Å²) in [7, 11) is 1.72. The van der Waals surface area contributed by atoms with Gasteiger partial charge in [-0.15, -0.1) is 0 Å². The smallest absolute Gasteiger partial charge is 0.119 e. The van der Waals surface area contributed by atoms with E-state index >= 15 is 0 Å². The van der Waals surface area contributed by atoms with Gasteiger partial charge >= 0.3 is 0 Å². The largest absolute Gasteiger partial charge is 0.497 e. The molecule has 0 bridgehead atoms. The molecule has 178 valence electrons. The molecule has 1 N–H and O–H groups in total. The monoisotopic (exact) mass is 452 g/mol.